The van der Waals surface area contributed by atoms with Gasteiger partial charge < -0.3 is 9.88 Å². The third kappa shape index (κ3) is 1.45. The van der Waals surface area contributed by atoms with Crippen LogP contribution in [0, 0.1) is 0 Å². The summed E-state index contributed by atoms with van der Waals surface area (Å²) in [7, 11) is 0. The number of nitrogens with zero attached hydrogens (tertiary/aromatic N) is 2. The zero-order valence-electron chi connectivity index (χ0n) is 8.48. The van der Waals surface area contributed by atoms with E-state index in [1.807, 2.05) is 12.4 Å². The number of imidazole rings is 1. The number of hydrogen-bond donors (Lipinski definition) is 1. The van der Waals surface area contributed by atoms with Crippen molar-refractivity contribution < 1.29 is 0 Å². The van der Waals surface area contributed by atoms with Crippen LogP contribution in [0.25, 0.3) is 11.3 Å². The van der Waals surface area contributed by atoms with Crippen LogP contribution in [0.2, 0.25) is 0 Å². The molecule has 0 radical (unpaired) electrons. The van der Waals surface area contributed by atoms with Gasteiger partial charge in [-0.2, -0.15) is 0 Å². The van der Waals surface area contributed by atoms with Gasteiger partial charge in [-0.05, 0) is 0 Å². The molecule has 1 N–H and O–H groups in total. The minimum absolute atomic E-state index is 0.921. The van der Waals surface area contributed by atoms with Gasteiger partial charge in [0, 0.05) is 25.2 Å². The summed E-state index contributed by atoms with van der Waals surface area (Å²) in [5.74, 6) is 0. The van der Waals surface area contributed by atoms with Gasteiger partial charge in [0.05, 0.1) is 17.7 Å². The van der Waals surface area contributed by atoms with E-state index in [9.17, 15) is 0 Å². The summed E-state index contributed by atoms with van der Waals surface area (Å²) in [6.07, 6.45) is 1.94. The molecule has 1 aliphatic heterocycles. The van der Waals surface area contributed by atoms with Crippen LogP contribution in [0.4, 0.5) is 0 Å². The van der Waals surface area contributed by atoms with Crippen molar-refractivity contribution in [2.24, 2.45) is 0 Å². The summed E-state index contributed by atoms with van der Waals surface area (Å²) in [4.78, 5) is 4.49. The van der Waals surface area contributed by atoms with Gasteiger partial charge in [0.25, 0.3) is 0 Å². The maximum absolute atomic E-state index is 4.49. The van der Waals surface area contributed by atoms with Crippen LogP contribution in [0.1, 0.15) is 5.69 Å². The van der Waals surface area contributed by atoms with Crippen LogP contribution in [-0.4, -0.2) is 16.1 Å². The Kier molecular flexibility index (Phi) is 2.03. The number of nitrogens with one attached hydrogen (secondary N) is 1. The Bertz CT molecular complexity index is 459. The number of benzene rings is 1. The van der Waals surface area contributed by atoms with Crippen LogP contribution in [0.3, 0.4) is 0 Å². The SMILES string of the molecule is c1ccc(-c2ncn3c2CNCC3)cc1. The highest BCUT2D eigenvalue weighted by atomic mass is 15.1. The van der Waals surface area contributed by atoms with E-state index in [1.165, 1.54) is 11.3 Å². The lowest BCUT2D eigenvalue weighted by Crippen LogP contribution is -2.27. The second kappa shape index (κ2) is 3.51. The van der Waals surface area contributed by atoms with Gasteiger partial charge in [-0.3, -0.25) is 0 Å². The van der Waals surface area contributed by atoms with Crippen molar-refractivity contribution in [1.29, 1.82) is 0 Å². The molecule has 0 fully saturated rings. The summed E-state index contributed by atoms with van der Waals surface area (Å²) in [6, 6.07) is 10.4. The van der Waals surface area contributed by atoms with Crippen LogP contribution < -0.4 is 5.32 Å². The second-order valence-corrected chi connectivity index (χ2v) is 3.78. The van der Waals surface area contributed by atoms with Gasteiger partial charge in [-0.25, -0.2) is 4.98 Å². The fourth-order valence-electron chi connectivity index (χ4n) is 2.03. The molecule has 0 atom stereocenters. The average Bonchev–Trinajstić information content (AvgIpc) is 2.74. The second-order valence-electron chi connectivity index (χ2n) is 3.78. The monoisotopic (exact) mass is 199 g/mol. The van der Waals surface area contributed by atoms with Gasteiger partial charge in [-0.1, -0.05) is 30.3 Å². The number of aromatic nitrogens is 2. The molecule has 0 saturated heterocycles. The zero-order chi connectivity index (χ0) is 10.1. The lowest BCUT2D eigenvalue weighted by Gasteiger charge is -2.16. The molecule has 3 rings (SSSR count). The third-order valence-electron chi connectivity index (χ3n) is 2.82. The Morgan fingerprint density at radius 2 is 2.07 bits per heavy atom. The van der Waals surface area contributed by atoms with Gasteiger partial charge >= 0.3 is 0 Å². The molecule has 3 nitrogen and oxygen atoms in total. The molecule has 0 amide bonds. The molecule has 2 heterocycles. The van der Waals surface area contributed by atoms with Gasteiger partial charge in [0.15, 0.2) is 0 Å². The van der Waals surface area contributed by atoms with E-state index in [4.69, 9.17) is 0 Å². The smallest absolute Gasteiger partial charge is 0.0956 e. The molecule has 1 aromatic heterocycles. The minimum Gasteiger partial charge on any atom is -0.332 e. The Balaban J connectivity index is 2.09. The highest BCUT2D eigenvalue weighted by Gasteiger charge is 2.14. The summed E-state index contributed by atoms with van der Waals surface area (Å²) in [5, 5.41) is 3.38. The molecule has 1 aliphatic rings. The predicted molar refractivity (Wildman–Crippen MR) is 59.4 cm³/mol. The normalized spacial score (nSPS) is 14.9. The quantitative estimate of drug-likeness (QED) is 0.757. The molecule has 0 aliphatic carbocycles. The van der Waals surface area contributed by atoms with Crippen LogP contribution in [0.5, 0.6) is 0 Å². The van der Waals surface area contributed by atoms with Crippen molar-refractivity contribution in [3.05, 3.63) is 42.4 Å². The largest absolute Gasteiger partial charge is 0.332 e. The van der Waals surface area contributed by atoms with E-state index in [2.05, 4.69) is 39.1 Å². The molecule has 1 aromatic carbocycles. The molecule has 0 saturated carbocycles. The Morgan fingerprint density at radius 1 is 1.20 bits per heavy atom. The van der Waals surface area contributed by atoms with E-state index < -0.39 is 0 Å². The Hall–Kier alpha value is -1.61. The first-order chi connectivity index (χ1) is 7.45. The van der Waals surface area contributed by atoms with Crippen molar-refractivity contribution >= 4 is 0 Å². The first-order valence-electron chi connectivity index (χ1n) is 5.25. The number of rotatable bonds is 1. The van der Waals surface area contributed by atoms with E-state index >= 15 is 0 Å². The van der Waals surface area contributed by atoms with Crippen LogP contribution in [0.15, 0.2) is 36.7 Å². The molecule has 0 spiro atoms. The first kappa shape index (κ1) is 8.68. The van der Waals surface area contributed by atoms with Crippen molar-refractivity contribution in [2.75, 3.05) is 6.54 Å². The topological polar surface area (TPSA) is 29.9 Å². The van der Waals surface area contributed by atoms with Crippen LogP contribution in [-0.2, 0) is 13.1 Å². The number of fused-ring (bicyclic) bond motifs is 1. The van der Waals surface area contributed by atoms with E-state index in [1.54, 1.807) is 0 Å². The zero-order valence-corrected chi connectivity index (χ0v) is 8.48. The molecular weight excluding hydrogens is 186 g/mol. The number of hydrogen-bond acceptors (Lipinski definition) is 2. The minimum atomic E-state index is 0.921. The van der Waals surface area contributed by atoms with Gasteiger partial charge in [0.2, 0.25) is 0 Å². The predicted octanol–water partition coefficient (Wildman–Crippen LogP) is 1.65. The molecule has 15 heavy (non-hydrogen) atoms. The van der Waals surface area contributed by atoms with E-state index in [0.717, 1.165) is 25.3 Å². The molecule has 0 bridgehead atoms. The average molecular weight is 199 g/mol. The molecule has 0 unspecified atom stereocenters. The lowest BCUT2D eigenvalue weighted by molar-refractivity contribution is 0.517. The maximum Gasteiger partial charge on any atom is 0.0956 e. The fourth-order valence-corrected chi connectivity index (χ4v) is 2.03. The molecule has 76 valence electrons. The van der Waals surface area contributed by atoms with Gasteiger partial charge in [0.1, 0.15) is 0 Å². The lowest BCUT2D eigenvalue weighted by atomic mass is 10.1. The molecular formula is C12H13N3. The van der Waals surface area contributed by atoms with Crippen molar-refractivity contribution in [2.45, 2.75) is 13.1 Å². The summed E-state index contributed by atoms with van der Waals surface area (Å²) in [6.45, 7) is 2.98. The van der Waals surface area contributed by atoms with E-state index in [-0.39, 0.29) is 0 Å². The Labute approximate surface area is 88.8 Å². The standard InChI is InChI=1S/C12H13N3/c1-2-4-10(5-3-1)12-11-8-13-6-7-15(11)9-14-12/h1-5,9,13H,6-8H2. The maximum atomic E-state index is 4.49. The molecule has 2 aromatic rings. The van der Waals surface area contributed by atoms with Gasteiger partial charge in [-0.15, -0.1) is 0 Å². The highest BCUT2D eigenvalue weighted by Crippen LogP contribution is 2.22. The van der Waals surface area contributed by atoms with Crippen molar-refractivity contribution in [3.8, 4) is 11.3 Å². The summed E-state index contributed by atoms with van der Waals surface area (Å²) in [5.41, 5.74) is 3.62. The van der Waals surface area contributed by atoms with Crippen LogP contribution >= 0.6 is 0 Å². The first-order valence-corrected chi connectivity index (χ1v) is 5.25. The van der Waals surface area contributed by atoms with Crippen molar-refractivity contribution in [3.63, 3.8) is 0 Å². The van der Waals surface area contributed by atoms with E-state index in [0.29, 0.717) is 0 Å². The summed E-state index contributed by atoms with van der Waals surface area (Å²) >= 11 is 0. The highest BCUT2D eigenvalue weighted by molar-refractivity contribution is 5.61. The van der Waals surface area contributed by atoms with Crippen molar-refractivity contribution in [1.82, 2.24) is 14.9 Å². The fraction of sp³-hybridized carbons (Fsp3) is 0.250. The molecule has 3 heteroatoms. The Morgan fingerprint density at radius 3 is 2.93 bits per heavy atom. The summed E-state index contributed by atoms with van der Waals surface area (Å²) < 4.78 is 2.23. The third-order valence-corrected chi connectivity index (χ3v) is 2.82.